The molecule has 0 unspecified atom stereocenters. The standard InChI is InChI=1S/C2HCl2O2/c3-1(4)2(5)6/h(H,5,6). The fourth-order valence-electron chi connectivity index (χ4n) is 0. The molecule has 6 heavy (non-hydrogen) atoms. The molecule has 0 heterocycles. The van der Waals surface area contributed by atoms with Crippen molar-refractivity contribution in [3.05, 3.63) is 4.84 Å². The predicted molar refractivity (Wildman–Crippen MR) is 22.6 cm³/mol. The van der Waals surface area contributed by atoms with Crippen LogP contribution >= 0.6 is 23.2 Å². The molecule has 0 atom stereocenters. The van der Waals surface area contributed by atoms with Gasteiger partial charge in [-0.2, -0.15) is 0 Å². The van der Waals surface area contributed by atoms with E-state index in [0.717, 1.165) is 0 Å². The Labute approximate surface area is 44.7 Å². The smallest absolute Gasteiger partial charge is 0.344 e. The van der Waals surface area contributed by atoms with Crippen LogP contribution in [0.3, 0.4) is 0 Å². The lowest BCUT2D eigenvalue weighted by Crippen LogP contribution is -1.95. The van der Waals surface area contributed by atoms with Crippen LogP contribution in [0.2, 0.25) is 0 Å². The fourth-order valence-corrected chi connectivity index (χ4v) is 0. The van der Waals surface area contributed by atoms with E-state index in [-0.39, 0.29) is 0 Å². The van der Waals surface area contributed by atoms with Gasteiger partial charge in [0.05, 0.1) is 0 Å². The molecule has 0 aromatic heterocycles. The summed E-state index contributed by atoms with van der Waals surface area (Å²) in [4.78, 5) is 8.77. The predicted octanol–water partition coefficient (Wildman–Crippen LogP) is 1.04. The Hall–Kier alpha value is 0.0500. The molecule has 1 N–H and O–H groups in total. The van der Waals surface area contributed by atoms with Gasteiger partial charge < -0.3 is 5.11 Å². The molecule has 0 aliphatic carbocycles. The molecule has 0 aliphatic heterocycles. The zero-order valence-electron chi connectivity index (χ0n) is 2.61. The molecule has 0 saturated carbocycles. The molecular weight excluding hydrogens is 127 g/mol. The molecule has 35 valence electrons. The van der Waals surface area contributed by atoms with Crippen molar-refractivity contribution in [2.24, 2.45) is 0 Å². The molecule has 0 rings (SSSR count). The van der Waals surface area contributed by atoms with Gasteiger partial charge in [-0.15, -0.1) is 0 Å². The largest absolute Gasteiger partial charge is 0.479 e. The monoisotopic (exact) mass is 127 g/mol. The summed E-state index contributed by atoms with van der Waals surface area (Å²) < 4.78 is 0. The van der Waals surface area contributed by atoms with Gasteiger partial charge in [-0.05, 0) is 0 Å². The SMILES string of the molecule is O=C(O)[C](Cl)Cl. The third-order valence-electron chi connectivity index (χ3n) is 0.162. The molecule has 0 bridgehead atoms. The van der Waals surface area contributed by atoms with Gasteiger partial charge in [-0.25, -0.2) is 4.79 Å². The van der Waals surface area contributed by atoms with Crippen molar-refractivity contribution in [2.75, 3.05) is 0 Å². The van der Waals surface area contributed by atoms with Gasteiger partial charge in [0, 0.05) is 0 Å². The van der Waals surface area contributed by atoms with Gasteiger partial charge in [-0.1, -0.05) is 23.2 Å². The van der Waals surface area contributed by atoms with Crippen molar-refractivity contribution in [3.63, 3.8) is 0 Å². The molecular formula is C2HCl2O2. The molecule has 0 spiro atoms. The van der Waals surface area contributed by atoms with Crippen LogP contribution in [0.4, 0.5) is 0 Å². The van der Waals surface area contributed by atoms with Crippen molar-refractivity contribution >= 4 is 29.2 Å². The maximum atomic E-state index is 9.40. The zero-order valence-corrected chi connectivity index (χ0v) is 4.12. The van der Waals surface area contributed by atoms with Crippen LogP contribution in [0.25, 0.3) is 0 Å². The molecule has 0 aliphatic rings. The minimum absolute atomic E-state index is 0.630. The number of carboxylic acid groups (broad SMARTS) is 1. The molecule has 0 saturated heterocycles. The highest BCUT2D eigenvalue weighted by molar-refractivity contribution is 6.61. The molecule has 2 nitrogen and oxygen atoms in total. The Morgan fingerprint density at radius 2 is 1.67 bits per heavy atom. The van der Waals surface area contributed by atoms with E-state index < -0.39 is 10.8 Å². The first-order valence-electron chi connectivity index (χ1n) is 1.06. The first-order valence-corrected chi connectivity index (χ1v) is 1.81. The average molecular weight is 128 g/mol. The molecule has 4 heteroatoms. The van der Waals surface area contributed by atoms with Crippen LogP contribution in [-0.2, 0) is 4.79 Å². The Bertz CT molecular complexity index is 60.6. The van der Waals surface area contributed by atoms with E-state index in [1.807, 2.05) is 0 Å². The lowest BCUT2D eigenvalue weighted by Gasteiger charge is -1.81. The Morgan fingerprint density at radius 1 is 1.50 bits per heavy atom. The van der Waals surface area contributed by atoms with Gasteiger partial charge in [0.15, 0.2) is 0 Å². The number of carboxylic acids is 1. The van der Waals surface area contributed by atoms with Crippen LogP contribution in [0.15, 0.2) is 0 Å². The minimum atomic E-state index is -1.29. The third-order valence-corrected chi connectivity index (χ3v) is 0.485. The second-order valence-corrected chi connectivity index (χ2v) is 1.51. The summed E-state index contributed by atoms with van der Waals surface area (Å²) in [6, 6.07) is 0. The molecule has 0 amide bonds. The first kappa shape index (κ1) is 6.05. The van der Waals surface area contributed by atoms with E-state index in [1.54, 1.807) is 0 Å². The van der Waals surface area contributed by atoms with Crippen LogP contribution in [0.1, 0.15) is 0 Å². The van der Waals surface area contributed by atoms with Gasteiger partial charge in [0.2, 0.25) is 0 Å². The lowest BCUT2D eigenvalue weighted by atomic mass is 10.8. The number of halogens is 2. The van der Waals surface area contributed by atoms with E-state index in [9.17, 15) is 4.79 Å². The third kappa shape index (κ3) is 2.30. The van der Waals surface area contributed by atoms with E-state index in [0.29, 0.717) is 0 Å². The molecule has 0 aromatic carbocycles. The highest BCUT2D eigenvalue weighted by atomic mass is 35.5. The van der Waals surface area contributed by atoms with Crippen molar-refractivity contribution in [2.45, 2.75) is 0 Å². The maximum Gasteiger partial charge on any atom is 0.344 e. The second kappa shape index (κ2) is 2.26. The van der Waals surface area contributed by atoms with E-state index in [1.165, 1.54) is 0 Å². The van der Waals surface area contributed by atoms with Crippen molar-refractivity contribution in [3.8, 4) is 0 Å². The van der Waals surface area contributed by atoms with Crippen LogP contribution in [-0.4, -0.2) is 11.1 Å². The summed E-state index contributed by atoms with van der Waals surface area (Å²) in [6.45, 7) is 0. The van der Waals surface area contributed by atoms with Gasteiger partial charge in [-0.3, -0.25) is 0 Å². The highest BCUT2D eigenvalue weighted by Crippen LogP contribution is 2.09. The number of carbonyl (C=O) groups is 1. The quantitative estimate of drug-likeness (QED) is 0.572. The normalized spacial score (nSPS) is 9.17. The van der Waals surface area contributed by atoms with Gasteiger partial charge in [0.25, 0.3) is 4.84 Å². The molecule has 1 radical (unpaired) electrons. The lowest BCUT2D eigenvalue weighted by molar-refractivity contribution is -0.132. The summed E-state index contributed by atoms with van der Waals surface area (Å²) >= 11 is 9.39. The van der Waals surface area contributed by atoms with Gasteiger partial charge >= 0.3 is 5.97 Å². The van der Waals surface area contributed by atoms with Crippen LogP contribution in [0, 0.1) is 4.84 Å². The molecule has 0 fully saturated rings. The number of aliphatic carboxylic acids is 1. The average Bonchev–Trinajstić information content (AvgIpc) is 1.36. The Kier molecular flexibility index (Phi) is 2.28. The first-order chi connectivity index (χ1) is 2.64. The van der Waals surface area contributed by atoms with E-state index >= 15 is 0 Å². The summed E-state index contributed by atoms with van der Waals surface area (Å²) in [7, 11) is 0. The topological polar surface area (TPSA) is 37.3 Å². The van der Waals surface area contributed by atoms with E-state index in [2.05, 4.69) is 0 Å². The Morgan fingerprint density at radius 3 is 1.67 bits per heavy atom. The zero-order chi connectivity index (χ0) is 5.15. The minimum Gasteiger partial charge on any atom is -0.479 e. The highest BCUT2D eigenvalue weighted by Gasteiger charge is 2.08. The van der Waals surface area contributed by atoms with Crippen LogP contribution in [0.5, 0.6) is 0 Å². The summed E-state index contributed by atoms with van der Waals surface area (Å²) in [5.41, 5.74) is 0. The van der Waals surface area contributed by atoms with Crippen molar-refractivity contribution in [1.29, 1.82) is 0 Å². The maximum absolute atomic E-state index is 9.40. The number of hydrogen-bond donors (Lipinski definition) is 1. The summed E-state index contributed by atoms with van der Waals surface area (Å²) in [6.07, 6.45) is 0. The van der Waals surface area contributed by atoms with Crippen molar-refractivity contribution < 1.29 is 9.90 Å². The molecule has 0 aromatic rings. The fraction of sp³-hybridized carbons (Fsp3) is 0. The number of hydrogen-bond acceptors (Lipinski definition) is 1. The summed E-state index contributed by atoms with van der Waals surface area (Å²) in [5, 5.41) is 7.69. The van der Waals surface area contributed by atoms with E-state index in [4.69, 9.17) is 28.3 Å². The second-order valence-electron chi connectivity index (χ2n) is 0.566. The number of rotatable bonds is 1. The van der Waals surface area contributed by atoms with Crippen LogP contribution < -0.4 is 0 Å². The summed E-state index contributed by atoms with van der Waals surface area (Å²) in [5.74, 6) is -1.29. The Balaban J connectivity index is 3.26. The van der Waals surface area contributed by atoms with Gasteiger partial charge in [0.1, 0.15) is 0 Å². The van der Waals surface area contributed by atoms with Crippen molar-refractivity contribution in [1.82, 2.24) is 0 Å².